The Morgan fingerprint density at radius 1 is 1.08 bits per heavy atom. The lowest BCUT2D eigenvalue weighted by Gasteiger charge is -2.22. The third kappa shape index (κ3) is 5.33. The maximum absolute atomic E-state index is 13.7. The van der Waals surface area contributed by atoms with E-state index >= 15 is 0 Å². The molecule has 1 unspecified atom stereocenters. The molecule has 1 fully saturated rings. The lowest BCUT2D eigenvalue weighted by molar-refractivity contribution is -0.163. The van der Waals surface area contributed by atoms with Crippen molar-refractivity contribution in [1.82, 2.24) is 28.7 Å². The molecule has 37 heavy (non-hydrogen) atoms. The smallest absolute Gasteiger partial charge is 0.332 e. The van der Waals surface area contributed by atoms with E-state index in [0.717, 1.165) is 24.8 Å². The van der Waals surface area contributed by atoms with Crippen molar-refractivity contribution in [2.75, 3.05) is 13.2 Å². The number of halogens is 2. The van der Waals surface area contributed by atoms with E-state index in [0.29, 0.717) is 36.2 Å². The van der Waals surface area contributed by atoms with E-state index in [9.17, 15) is 9.59 Å². The standard InChI is InChI=1S/C25H26Cl2N6O4/c1-31-23-20(24(34)32(25(31)35)12-4-14-37-18-5-2-3-13-36-18)33(15-16-6-8-17(26)9-7-16)22(30-23)19-21(27)29-11-10-28-19/h6-11,18H,2-5,12-15H2,1H3. The van der Waals surface area contributed by atoms with Gasteiger partial charge >= 0.3 is 5.69 Å². The number of hydrogen-bond acceptors (Lipinski definition) is 7. The quantitative estimate of drug-likeness (QED) is 0.311. The van der Waals surface area contributed by atoms with Crippen LogP contribution in [0.4, 0.5) is 0 Å². The summed E-state index contributed by atoms with van der Waals surface area (Å²) in [5, 5.41) is 0.740. The van der Waals surface area contributed by atoms with Crippen molar-refractivity contribution in [2.45, 2.75) is 45.1 Å². The lowest BCUT2D eigenvalue weighted by atomic mass is 10.2. The van der Waals surface area contributed by atoms with Crippen LogP contribution in [0, 0.1) is 0 Å². The maximum Gasteiger partial charge on any atom is 0.332 e. The minimum atomic E-state index is -0.459. The summed E-state index contributed by atoms with van der Waals surface area (Å²) in [6.07, 6.45) is 6.19. The van der Waals surface area contributed by atoms with Crippen molar-refractivity contribution in [2.24, 2.45) is 7.05 Å². The molecule has 1 aliphatic rings. The van der Waals surface area contributed by atoms with Gasteiger partial charge < -0.3 is 14.0 Å². The minimum absolute atomic E-state index is 0.141. The maximum atomic E-state index is 13.7. The Labute approximate surface area is 222 Å². The molecule has 0 saturated carbocycles. The number of aryl methyl sites for hydroxylation is 1. The third-order valence-electron chi connectivity index (χ3n) is 6.32. The van der Waals surface area contributed by atoms with E-state index in [1.807, 2.05) is 12.1 Å². The fourth-order valence-electron chi connectivity index (χ4n) is 4.43. The molecule has 5 rings (SSSR count). The Balaban J connectivity index is 1.55. The molecule has 12 heteroatoms. The van der Waals surface area contributed by atoms with Crippen LogP contribution in [0.25, 0.3) is 22.7 Å². The van der Waals surface area contributed by atoms with Gasteiger partial charge in [-0.05, 0) is 43.4 Å². The Kier molecular flexibility index (Phi) is 7.71. The van der Waals surface area contributed by atoms with Crippen LogP contribution in [0.3, 0.4) is 0 Å². The zero-order chi connectivity index (χ0) is 25.9. The van der Waals surface area contributed by atoms with Gasteiger partial charge in [0.25, 0.3) is 5.56 Å². The first-order chi connectivity index (χ1) is 17.9. The molecule has 1 aliphatic heterocycles. The first kappa shape index (κ1) is 25.6. The van der Waals surface area contributed by atoms with Crippen LogP contribution in [0.2, 0.25) is 10.2 Å². The fraction of sp³-hybridized carbons (Fsp3) is 0.400. The second-order valence-electron chi connectivity index (χ2n) is 8.83. The van der Waals surface area contributed by atoms with Gasteiger partial charge in [-0.25, -0.2) is 19.7 Å². The number of ether oxygens (including phenoxy) is 2. The number of aromatic nitrogens is 6. The van der Waals surface area contributed by atoms with Crippen molar-refractivity contribution in [3.63, 3.8) is 0 Å². The van der Waals surface area contributed by atoms with Gasteiger partial charge in [-0.1, -0.05) is 35.3 Å². The SMILES string of the molecule is Cn1c(=O)n(CCCOC2CCCCO2)c(=O)c2c1nc(-c1nccnc1Cl)n2Cc1ccc(Cl)cc1. The molecule has 1 atom stereocenters. The summed E-state index contributed by atoms with van der Waals surface area (Å²) in [6.45, 7) is 1.55. The summed E-state index contributed by atoms with van der Waals surface area (Å²) in [4.78, 5) is 40.0. The van der Waals surface area contributed by atoms with Crippen molar-refractivity contribution < 1.29 is 9.47 Å². The van der Waals surface area contributed by atoms with E-state index in [-0.39, 0.29) is 35.7 Å². The Morgan fingerprint density at radius 3 is 2.59 bits per heavy atom. The van der Waals surface area contributed by atoms with E-state index in [4.69, 9.17) is 32.7 Å². The molecule has 194 valence electrons. The molecule has 0 amide bonds. The number of rotatable bonds is 8. The van der Waals surface area contributed by atoms with Gasteiger partial charge in [-0.2, -0.15) is 0 Å². The first-order valence-electron chi connectivity index (χ1n) is 12.1. The monoisotopic (exact) mass is 544 g/mol. The van der Waals surface area contributed by atoms with Gasteiger partial charge in [-0.3, -0.25) is 13.9 Å². The largest absolute Gasteiger partial charge is 0.353 e. The molecule has 1 saturated heterocycles. The molecule has 0 aliphatic carbocycles. The summed E-state index contributed by atoms with van der Waals surface area (Å²) in [5.74, 6) is 0.339. The predicted octanol–water partition coefficient (Wildman–Crippen LogP) is 3.64. The van der Waals surface area contributed by atoms with Crippen LogP contribution in [0.15, 0.2) is 46.2 Å². The summed E-state index contributed by atoms with van der Waals surface area (Å²) in [6, 6.07) is 7.27. The predicted molar refractivity (Wildman–Crippen MR) is 140 cm³/mol. The van der Waals surface area contributed by atoms with Gasteiger partial charge in [0, 0.05) is 44.2 Å². The lowest BCUT2D eigenvalue weighted by Crippen LogP contribution is -2.40. The number of nitrogens with zero attached hydrogens (tertiary/aromatic N) is 6. The summed E-state index contributed by atoms with van der Waals surface area (Å²) >= 11 is 12.4. The number of imidazole rings is 1. The molecule has 1 aromatic carbocycles. The van der Waals surface area contributed by atoms with Crippen LogP contribution in [-0.2, 0) is 29.6 Å². The number of fused-ring (bicyclic) bond motifs is 1. The molecular formula is C25H26Cl2N6O4. The van der Waals surface area contributed by atoms with E-state index < -0.39 is 11.2 Å². The van der Waals surface area contributed by atoms with Gasteiger partial charge in [0.1, 0.15) is 5.69 Å². The highest BCUT2D eigenvalue weighted by Gasteiger charge is 2.23. The van der Waals surface area contributed by atoms with E-state index in [1.54, 1.807) is 23.7 Å². The molecule has 10 nitrogen and oxygen atoms in total. The number of benzene rings is 1. The van der Waals surface area contributed by atoms with Crippen LogP contribution >= 0.6 is 23.2 Å². The molecule has 0 bridgehead atoms. The van der Waals surface area contributed by atoms with Crippen LogP contribution in [0.1, 0.15) is 31.2 Å². The fourth-order valence-corrected chi connectivity index (χ4v) is 4.74. The minimum Gasteiger partial charge on any atom is -0.353 e. The van der Waals surface area contributed by atoms with Crippen molar-refractivity contribution >= 4 is 34.4 Å². The zero-order valence-corrected chi connectivity index (χ0v) is 21.8. The molecule has 0 radical (unpaired) electrons. The topological polar surface area (TPSA) is 106 Å². The molecule has 3 aromatic heterocycles. The Morgan fingerprint density at radius 2 is 1.86 bits per heavy atom. The van der Waals surface area contributed by atoms with Crippen molar-refractivity contribution in [1.29, 1.82) is 0 Å². The second-order valence-corrected chi connectivity index (χ2v) is 9.63. The second kappa shape index (κ2) is 11.1. The van der Waals surface area contributed by atoms with E-state index in [1.165, 1.54) is 21.5 Å². The Bertz CT molecular complexity index is 1520. The van der Waals surface area contributed by atoms with Crippen molar-refractivity contribution in [3.05, 3.63) is 73.2 Å². The Hall–Kier alpha value is -3.05. The highest BCUT2D eigenvalue weighted by atomic mass is 35.5. The van der Waals surface area contributed by atoms with Gasteiger partial charge in [-0.15, -0.1) is 0 Å². The summed E-state index contributed by atoms with van der Waals surface area (Å²) in [5.41, 5.74) is 0.799. The number of hydrogen-bond donors (Lipinski definition) is 0. The molecule has 0 spiro atoms. The van der Waals surface area contributed by atoms with Gasteiger partial charge in [0.15, 0.2) is 28.4 Å². The van der Waals surface area contributed by atoms with Crippen LogP contribution in [0.5, 0.6) is 0 Å². The summed E-state index contributed by atoms with van der Waals surface area (Å²) in [7, 11) is 1.59. The zero-order valence-electron chi connectivity index (χ0n) is 20.3. The first-order valence-corrected chi connectivity index (χ1v) is 12.8. The highest BCUT2D eigenvalue weighted by Crippen LogP contribution is 2.26. The van der Waals surface area contributed by atoms with Crippen LogP contribution in [-0.4, -0.2) is 48.2 Å². The van der Waals surface area contributed by atoms with Gasteiger partial charge in [0.2, 0.25) is 0 Å². The molecule has 4 heterocycles. The van der Waals surface area contributed by atoms with Crippen molar-refractivity contribution in [3.8, 4) is 11.5 Å². The summed E-state index contributed by atoms with van der Waals surface area (Å²) < 4.78 is 15.7. The van der Waals surface area contributed by atoms with E-state index in [2.05, 4.69) is 15.0 Å². The average molecular weight is 545 g/mol. The molecule has 0 N–H and O–H groups in total. The molecular weight excluding hydrogens is 519 g/mol. The van der Waals surface area contributed by atoms with Gasteiger partial charge in [0.05, 0.1) is 6.61 Å². The normalized spacial score (nSPS) is 15.9. The third-order valence-corrected chi connectivity index (χ3v) is 6.85. The highest BCUT2D eigenvalue weighted by molar-refractivity contribution is 6.31. The molecule has 4 aromatic rings. The van der Waals surface area contributed by atoms with Crippen LogP contribution < -0.4 is 11.2 Å². The average Bonchev–Trinajstić information content (AvgIpc) is 3.28.